The number of carbonyl (C=O) groups is 2. The van der Waals surface area contributed by atoms with E-state index < -0.39 is 0 Å². The van der Waals surface area contributed by atoms with Gasteiger partial charge in [-0.25, -0.2) is 0 Å². The summed E-state index contributed by atoms with van der Waals surface area (Å²) in [4.78, 5) is 22.2. The summed E-state index contributed by atoms with van der Waals surface area (Å²) in [5.41, 5.74) is 0. The van der Waals surface area contributed by atoms with E-state index in [1.807, 2.05) is 6.92 Å². The molecule has 0 aromatic carbocycles. The van der Waals surface area contributed by atoms with Gasteiger partial charge in [-0.1, -0.05) is 13.8 Å². The molecule has 3 heteroatoms. The molecule has 1 fully saturated rings. The Kier molecular flexibility index (Phi) is 4.30. The summed E-state index contributed by atoms with van der Waals surface area (Å²) < 4.78 is 4.97. The van der Waals surface area contributed by atoms with Gasteiger partial charge in [0.2, 0.25) is 0 Å². The summed E-state index contributed by atoms with van der Waals surface area (Å²) in [6.07, 6.45) is 2.72. The van der Waals surface area contributed by atoms with Crippen LogP contribution in [0.5, 0.6) is 0 Å². The van der Waals surface area contributed by atoms with Gasteiger partial charge in [-0.3, -0.25) is 9.59 Å². The van der Waals surface area contributed by atoms with Crippen molar-refractivity contribution in [3.8, 4) is 0 Å². The summed E-state index contributed by atoms with van der Waals surface area (Å²) in [5.74, 6) is 1.04. The summed E-state index contributed by atoms with van der Waals surface area (Å²) in [7, 11) is 0. The average molecular weight is 212 g/mol. The second-order valence-corrected chi connectivity index (χ2v) is 4.69. The molecule has 1 aliphatic rings. The highest BCUT2D eigenvalue weighted by atomic mass is 16.5. The number of ether oxygens (including phenoxy) is 1. The van der Waals surface area contributed by atoms with Crippen LogP contribution in [0.25, 0.3) is 0 Å². The molecule has 0 heterocycles. The number of ketones is 1. The minimum Gasteiger partial charge on any atom is -0.466 e. The van der Waals surface area contributed by atoms with Crippen LogP contribution in [0.3, 0.4) is 0 Å². The first-order chi connectivity index (χ1) is 7.00. The van der Waals surface area contributed by atoms with Crippen LogP contribution >= 0.6 is 0 Å². The zero-order chi connectivity index (χ0) is 11.4. The normalized spacial score (nSPS) is 28.6. The number of hydrogen-bond donors (Lipinski definition) is 0. The van der Waals surface area contributed by atoms with Crippen molar-refractivity contribution < 1.29 is 14.3 Å². The molecule has 0 aromatic rings. The van der Waals surface area contributed by atoms with Gasteiger partial charge in [0.25, 0.3) is 0 Å². The van der Waals surface area contributed by atoms with Gasteiger partial charge in [0.1, 0.15) is 5.78 Å². The molecule has 0 radical (unpaired) electrons. The molecule has 0 saturated heterocycles. The van der Waals surface area contributed by atoms with Crippen molar-refractivity contribution in [2.45, 2.75) is 40.0 Å². The quantitative estimate of drug-likeness (QED) is 0.673. The molecule has 0 amide bonds. The molecule has 0 bridgehead atoms. The van der Waals surface area contributed by atoms with Crippen molar-refractivity contribution in [1.82, 2.24) is 0 Å². The van der Waals surface area contributed by atoms with E-state index in [1.54, 1.807) is 0 Å². The monoisotopic (exact) mass is 212 g/mol. The molecule has 3 nitrogen and oxygen atoms in total. The minimum atomic E-state index is -0.239. The lowest BCUT2D eigenvalue weighted by Crippen LogP contribution is -2.28. The third-order valence-corrected chi connectivity index (χ3v) is 3.34. The lowest BCUT2D eigenvalue weighted by molar-refractivity contribution is -0.143. The highest BCUT2D eigenvalue weighted by Crippen LogP contribution is 2.31. The van der Waals surface area contributed by atoms with Crippen LogP contribution in [-0.2, 0) is 14.3 Å². The van der Waals surface area contributed by atoms with Gasteiger partial charge in [-0.15, -0.1) is 0 Å². The first-order valence-electron chi connectivity index (χ1n) is 5.66. The smallest absolute Gasteiger partial charge is 0.302 e. The molecule has 0 aromatic heterocycles. The molecule has 0 unspecified atom stereocenters. The number of esters is 1. The van der Waals surface area contributed by atoms with Crippen LogP contribution in [0.2, 0.25) is 0 Å². The van der Waals surface area contributed by atoms with E-state index >= 15 is 0 Å². The third kappa shape index (κ3) is 3.65. The molecular weight excluding hydrogens is 192 g/mol. The fourth-order valence-electron chi connectivity index (χ4n) is 2.06. The minimum absolute atomic E-state index is 0.224. The molecule has 1 rings (SSSR count). The Morgan fingerprint density at radius 1 is 1.53 bits per heavy atom. The lowest BCUT2D eigenvalue weighted by atomic mass is 9.76. The Morgan fingerprint density at radius 2 is 2.20 bits per heavy atom. The van der Waals surface area contributed by atoms with E-state index in [4.69, 9.17) is 4.74 Å². The standard InChI is InChI=1S/C12H20O3/c1-8-4-5-11(6-12(8)14)9(2)7-15-10(3)13/h8-9,11H,4-7H2,1-3H3/t8-,9+,11-/m0/s1. The first-order valence-corrected chi connectivity index (χ1v) is 5.66. The van der Waals surface area contributed by atoms with Crippen LogP contribution in [0.4, 0.5) is 0 Å². The highest BCUT2D eigenvalue weighted by Gasteiger charge is 2.29. The Labute approximate surface area is 91.2 Å². The van der Waals surface area contributed by atoms with Gasteiger partial charge in [-0.2, -0.15) is 0 Å². The van der Waals surface area contributed by atoms with Gasteiger partial charge in [0.05, 0.1) is 6.61 Å². The van der Waals surface area contributed by atoms with Crippen molar-refractivity contribution in [3.05, 3.63) is 0 Å². The van der Waals surface area contributed by atoms with Crippen LogP contribution in [0.1, 0.15) is 40.0 Å². The number of hydrogen-bond acceptors (Lipinski definition) is 3. The Hall–Kier alpha value is -0.860. The third-order valence-electron chi connectivity index (χ3n) is 3.34. The topological polar surface area (TPSA) is 43.4 Å². The summed E-state index contributed by atoms with van der Waals surface area (Å²) >= 11 is 0. The molecule has 3 atom stereocenters. The molecule has 1 saturated carbocycles. The summed E-state index contributed by atoms with van der Waals surface area (Å²) in [6.45, 7) is 5.91. The first kappa shape index (κ1) is 12.2. The molecular formula is C12H20O3. The molecule has 1 aliphatic carbocycles. The van der Waals surface area contributed by atoms with E-state index in [0.717, 1.165) is 12.8 Å². The lowest BCUT2D eigenvalue weighted by Gasteiger charge is -2.29. The van der Waals surface area contributed by atoms with E-state index in [1.165, 1.54) is 6.92 Å². The van der Waals surface area contributed by atoms with Gasteiger partial charge < -0.3 is 4.74 Å². The van der Waals surface area contributed by atoms with E-state index in [9.17, 15) is 9.59 Å². The molecule has 0 spiro atoms. The Bertz CT molecular complexity index is 247. The Balaban J connectivity index is 2.37. The fourth-order valence-corrected chi connectivity index (χ4v) is 2.06. The number of rotatable bonds is 3. The van der Waals surface area contributed by atoms with Crippen molar-refractivity contribution in [2.75, 3.05) is 6.61 Å². The number of Topliss-reactive ketones (excluding diaryl/α,β-unsaturated/α-hetero) is 1. The van der Waals surface area contributed by atoms with Gasteiger partial charge >= 0.3 is 5.97 Å². The van der Waals surface area contributed by atoms with Gasteiger partial charge in [0.15, 0.2) is 0 Å². The molecule has 0 N–H and O–H groups in total. The maximum atomic E-state index is 11.5. The second-order valence-electron chi connectivity index (χ2n) is 4.69. The highest BCUT2D eigenvalue weighted by molar-refractivity contribution is 5.81. The maximum Gasteiger partial charge on any atom is 0.302 e. The van der Waals surface area contributed by atoms with E-state index in [0.29, 0.717) is 30.6 Å². The zero-order valence-corrected chi connectivity index (χ0v) is 9.79. The van der Waals surface area contributed by atoms with Gasteiger partial charge in [-0.05, 0) is 24.7 Å². The average Bonchev–Trinajstić information content (AvgIpc) is 2.18. The predicted octanol–water partition coefficient (Wildman–Crippen LogP) is 2.19. The van der Waals surface area contributed by atoms with E-state index in [2.05, 4.69) is 6.92 Å². The van der Waals surface area contributed by atoms with E-state index in [-0.39, 0.29) is 11.9 Å². The van der Waals surface area contributed by atoms with Crippen LogP contribution in [0.15, 0.2) is 0 Å². The van der Waals surface area contributed by atoms with Gasteiger partial charge in [0, 0.05) is 19.3 Å². The van der Waals surface area contributed by atoms with Crippen molar-refractivity contribution in [1.29, 1.82) is 0 Å². The SMILES string of the molecule is CC(=O)OC[C@@H](C)[C@H]1CC[C@H](C)C(=O)C1. The largest absolute Gasteiger partial charge is 0.466 e. The van der Waals surface area contributed by atoms with Crippen molar-refractivity contribution >= 4 is 11.8 Å². The van der Waals surface area contributed by atoms with Crippen molar-refractivity contribution in [2.24, 2.45) is 17.8 Å². The zero-order valence-electron chi connectivity index (χ0n) is 9.79. The van der Waals surface area contributed by atoms with Crippen LogP contribution in [-0.4, -0.2) is 18.4 Å². The van der Waals surface area contributed by atoms with Crippen molar-refractivity contribution in [3.63, 3.8) is 0 Å². The number of carbonyl (C=O) groups excluding carboxylic acids is 2. The second kappa shape index (κ2) is 5.29. The molecule has 86 valence electrons. The Morgan fingerprint density at radius 3 is 2.73 bits per heavy atom. The van der Waals surface area contributed by atoms with Crippen LogP contribution in [0, 0.1) is 17.8 Å². The summed E-state index contributed by atoms with van der Waals surface area (Å²) in [5, 5.41) is 0. The molecule has 0 aliphatic heterocycles. The predicted molar refractivity (Wildman–Crippen MR) is 57.3 cm³/mol. The summed E-state index contributed by atoms with van der Waals surface area (Å²) in [6, 6.07) is 0. The van der Waals surface area contributed by atoms with Crippen LogP contribution < -0.4 is 0 Å². The molecule has 15 heavy (non-hydrogen) atoms. The maximum absolute atomic E-state index is 11.5. The fraction of sp³-hybridized carbons (Fsp3) is 0.833.